The Kier molecular flexibility index (Phi) is 4.68. The molecule has 1 fully saturated rings. The minimum Gasteiger partial charge on any atom is -0.394 e. The number of ether oxygens (including phenoxy) is 1. The Labute approximate surface area is 141 Å². The van der Waals surface area contributed by atoms with Gasteiger partial charge in [0.05, 0.1) is 12.9 Å². The first kappa shape index (κ1) is 17.3. The van der Waals surface area contributed by atoms with Crippen molar-refractivity contribution in [1.29, 1.82) is 0 Å². The molecule has 25 heavy (non-hydrogen) atoms. The Morgan fingerprint density at radius 2 is 2.16 bits per heavy atom. The molecule has 6 N–H and O–H groups in total. The van der Waals surface area contributed by atoms with E-state index in [-0.39, 0.29) is 17.2 Å². The second kappa shape index (κ2) is 6.76. The van der Waals surface area contributed by atoms with E-state index in [1.807, 2.05) is 0 Å². The van der Waals surface area contributed by atoms with Gasteiger partial charge in [0.2, 0.25) is 0 Å². The molecule has 0 bridgehead atoms. The van der Waals surface area contributed by atoms with Crippen LogP contribution < -0.4 is 11.1 Å². The molecule has 1 aromatic carbocycles. The van der Waals surface area contributed by atoms with E-state index in [0.717, 1.165) is 6.07 Å². The second-order valence-electron chi connectivity index (χ2n) is 5.58. The van der Waals surface area contributed by atoms with E-state index in [9.17, 15) is 19.4 Å². The molecule has 1 aromatic heterocycles. The predicted molar refractivity (Wildman–Crippen MR) is 84.0 cm³/mol. The van der Waals surface area contributed by atoms with Crippen molar-refractivity contribution in [2.75, 3.05) is 17.7 Å². The van der Waals surface area contributed by atoms with Crippen LogP contribution in [0.5, 0.6) is 0 Å². The first-order valence-corrected chi connectivity index (χ1v) is 7.44. The van der Waals surface area contributed by atoms with Crippen LogP contribution >= 0.6 is 0 Å². The summed E-state index contributed by atoms with van der Waals surface area (Å²) in [4.78, 5) is 16.1. The lowest BCUT2D eigenvalue weighted by Gasteiger charge is -2.17. The number of carbonyl (C=O) groups is 1. The van der Waals surface area contributed by atoms with E-state index >= 15 is 0 Å². The molecule has 1 amide bonds. The summed E-state index contributed by atoms with van der Waals surface area (Å²) < 4.78 is 19.7. The van der Waals surface area contributed by atoms with Gasteiger partial charge in [0.15, 0.2) is 11.9 Å². The van der Waals surface area contributed by atoms with Crippen LogP contribution in [0.15, 0.2) is 30.6 Å². The van der Waals surface area contributed by atoms with Crippen LogP contribution in [0.2, 0.25) is 0 Å². The first-order chi connectivity index (χ1) is 11.9. The van der Waals surface area contributed by atoms with E-state index < -0.39 is 42.9 Å². The number of hydrogen-bond acceptors (Lipinski definition) is 7. The van der Waals surface area contributed by atoms with Crippen molar-refractivity contribution in [2.24, 2.45) is 0 Å². The molecular formula is C15H17FN4O5. The number of halogens is 1. The molecule has 1 saturated heterocycles. The molecule has 0 saturated carbocycles. The average Bonchev–Trinajstić information content (AvgIpc) is 3.08. The number of aliphatic hydroxyl groups is 3. The standard InChI is InChI=1S/C15H17FN4O5/c16-7-2-1-3-8(4-7)19-14(24)10-13(17)20(6-18-10)15-12(23)11(22)9(5-21)25-15/h1-4,6,9,11-12,15,21-23H,5,17H2,(H,19,24)/t9-,11?,12?,15-/m1/s1. The number of nitrogen functional groups attached to an aromatic ring is 1. The first-order valence-electron chi connectivity index (χ1n) is 7.44. The van der Waals surface area contributed by atoms with E-state index in [1.165, 1.54) is 29.1 Å². The topological polar surface area (TPSA) is 143 Å². The fourth-order valence-electron chi connectivity index (χ4n) is 2.61. The average molecular weight is 352 g/mol. The zero-order valence-corrected chi connectivity index (χ0v) is 12.9. The van der Waals surface area contributed by atoms with Crippen LogP contribution in [0.3, 0.4) is 0 Å². The molecule has 2 unspecified atom stereocenters. The number of aromatic nitrogens is 2. The lowest BCUT2D eigenvalue weighted by Crippen LogP contribution is -2.33. The smallest absolute Gasteiger partial charge is 0.278 e. The Bertz CT molecular complexity index is 783. The third kappa shape index (κ3) is 3.20. The fraction of sp³-hybridized carbons (Fsp3) is 0.333. The van der Waals surface area contributed by atoms with Gasteiger partial charge in [-0.1, -0.05) is 6.07 Å². The van der Waals surface area contributed by atoms with Crippen molar-refractivity contribution in [3.05, 3.63) is 42.1 Å². The fourth-order valence-corrected chi connectivity index (χ4v) is 2.61. The molecule has 2 aromatic rings. The van der Waals surface area contributed by atoms with Crippen molar-refractivity contribution in [2.45, 2.75) is 24.5 Å². The minimum absolute atomic E-state index is 0.108. The van der Waals surface area contributed by atoms with Gasteiger partial charge in [-0.05, 0) is 18.2 Å². The van der Waals surface area contributed by atoms with Crippen molar-refractivity contribution in [3.63, 3.8) is 0 Å². The number of aliphatic hydroxyl groups excluding tert-OH is 3. The van der Waals surface area contributed by atoms with Crippen LogP contribution in [-0.2, 0) is 4.74 Å². The Morgan fingerprint density at radius 1 is 1.40 bits per heavy atom. The largest absolute Gasteiger partial charge is 0.394 e. The summed E-state index contributed by atoms with van der Waals surface area (Å²) in [6.07, 6.45) is -3.56. The molecule has 3 rings (SSSR count). The van der Waals surface area contributed by atoms with Gasteiger partial charge >= 0.3 is 0 Å². The normalized spacial score (nSPS) is 25.9. The summed E-state index contributed by atoms with van der Waals surface area (Å²) in [6.45, 7) is -0.490. The van der Waals surface area contributed by atoms with Gasteiger partial charge < -0.3 is 31.1 Å². The maximum Gasteiger partial charge on any atom is 0.278 e. The number of rotatable bonds is 4. The summed E-state index contributed by atoms with van der Waals surface area (Å²) in [5.41, 5.74) is 5.97. The van der Waals surface area contributed by atoms with Gasteiger partial charge in [0.1, 0.15) is 29.9 Å². The number of nitrogens with zero attached hydrogens (tertiary/aromatic N) is 2. The van der Waals surface area contributed by atoms with Gasteiger partial charge in [-0.15, -0.1) is 0 Å². The lowest BCUT2D eigenvalue weighted by atomic mass is 10.1. The highest BCUT2D eigenvalue weighted by Crippen LogP contribution is 2.31. The van der Waals surface area contributed by atoms with Gasteiger partial charge in [-0.3, -0.25) is 9.36 Å². The third-order valence-corrected chi connectivity index (χ3v) is 3.92. The van der Waals surface area contributed by atoms with E-state index in [2.05, 4.69) is 10.3 Å². The zero-order chi connectivity index (χ0) is 18.1. The number of nitrogens with two attached hydrogens (primary N) is 1. The molecule has 10 heteroatoms. The van der Waals surface area contributed by atoms with E-state index in [1.54, 1.807) is 0 Å². The van der Waals surface area contributed by atoms with E-state index in [0.29, 0.717) is 0 Å². The molecule has 134 valence electrons. The quantitative estimate of drug-likeness (QED) is 0.498. The van der Waals surface area contributed by atoms with Crippen molar-refractivity contribution in [1.82, 2.24) is 9.55 Å². The van der Waals surface area contributed by atoms with Gasteiger partial charge in [-0.25, -0.2) is 9.37 Å². The highest BCUT2D eigenvalue weighted by atomic mass is 19.1. The highest BCUT2D eigenvalue weighted by molar-refractivity contribution is 6.05. The lowest BCUT2D eigenvalue weighted by molar-refractivity contribution is -0.0518. The molecule has 0 radical (unpaired) electrons. The van der Waals surface area contributed by atoms with Crippen LogP contribution in [0.25, 0.3) is 0 Å². The molecule has 0 spiro atoms. The van der Waals surface area contributed by atoms with Crippen LogP contribution in [0.1, 0.15) is 16.7 Å². The number of carbonyl (C=O) groups excluding carboxylic acids is 1. The Hall–Kier alpha value is -2.53. The molecule has 4 atom stereocenters. The summed E-state index contributed by atoms with van der Waals surface area (Å²) in [7, 11) is 0. The van der Waals surface area contributed by atoms with Crippen LogP contribution in [0, 0.1) is 5.82 Å². The second-order valence-corrected chi connectivity index (χ2v) is 5.58. The third-order valence-electron chi connectivity index (χ3n) is 3.92. The SMILES string of the molecule is Nc1c(C(=O)Nc2cccc(F)c2)ncn1[C@@H]1O[C@H](CO)C(O)C1O. The zero-order valence-electron chi connectivity index (χ0n) is 12.9. The van der Waals surface area contributed by atoms with E-state index in [4.69, 9.17) is 15.6 Å². The Balaban J connectivity index is 1.80. The van der Waals surface area contributed by atoms with Crippen molar-refractivity contribution < 1.29 is 29.2 Å². The summed E-state index contributed by atoms with van der Waals surface area (Å²) >= 11 is 0. The molecule has 1 aliphatic rings. The maximum atomic E-state index is 13.2. The van der Waals surface area contributed by atoms with Crippen molar-refractivity contribution >= 4 is 17.4 Å². The Morgan fingerprint density at radius 3 is 2.80 bits per heavy atom. The van der Waals surface area contributed by atoms with Crippen LogP contribution in [0.4, 0.5) is 15.9 Å². The summed E-state index contributed by atoms with van der Waals surface area (Å²) in [5.74, 6) is -1.29. The number of benzene rings is 1. The molecular weight excluding hydrogens is 335 g/mol. The predicted octanol–water partition coefficient (Wildman–Crippen LogP) is -0.532. The highest BCUT2D eigenvalue weighted by Gasteiger charge is 2.44. The summed E-state index contributed by atoms with van der Waals surface area (Å²) in [6, 6.07) is 5.31. The number of hydrogen-bond donors (Lipinski definition) is 5. The molecule has 0 aliphatic carbocycles. The minimum atomic E-state index is -1.35. The number of nitrogens with one attached hydrogen (secondary N) is 1. The van der Waals surface area contributed by atoms with Gasteiger partial charge in [0, 0.05) is 5.69 Å². The maximum absolute atomic E-state index is 13.2. The molecule has 1 aliphatic heterocycles. The number of anilines is 2. The number of amides is 1. The molecule has 9 nitrogen and oxygen atoms in total. The van der Waals surface area contributed by atoms with Gasteiger partial charge in [-0.2, -0.15) is 0 Å². The summed E-state index contributed by atoms with van der Waals surface area (Å²) in [5, 5.41) is 31.4. The monoisotopic (exact) mass is 352 g/mol. The van der Waals surface area contributed by atoms with Gasteiger partial charge in [0.25, 0.3) is 5.91 Å². The molecule has 2 heterocycles. The van der Waals surface area contributed by atoms with Crippen molar-refractivity contribution in [3.8, 4) is 0 Å². The number of imidazole rings is 1. The van der Waals surface area contributed by atoms with Crippen LogP contribution in [-0.4, -0.2) is 55.7 Å².